The molecule has 19 heteroatoms. The summed E-state index contributed by atoms with van der Waals surface area (Å²) in [5.41, 5.74) is 10.2. The number of methoxy groups -OCH3 is 8. The number of nitrogens with one attached hydrogen (secondary N) is 1. The Kier molecular flexibility index (Phi) is 29.3. The normalized spacial score (nSPS) is 11.7. The minimum absolute atomic E-state index is 0. The first-order valence-electron chi connectivity index (χ1n) is 25.1. The van der Waals surface area contributed by atoms with Gasteiger partial charge < -0.3 is 48.2 Å². The van der Waals surface area contributed by atoms with Gasteiger partial charge in [0.1, 0.15) is 0 Å². The number of amides is 1. The third kappa shape index (κ3) is 21.3. The van der Waals surface area contributed by atoms with Gasteiger partial charge in [-0.05, 0) is 117 Å². The van der Waals surface area contributed by atoms with Crippen molar-refractivity contribution in [3.05, 3.63) is 167 Å². The Bertz CT molecular complexity index is 2980. The SMILES string of the molecule is COc1ccc(C(=O)CCN(C)C)cc1OC.COc1ccc(C(C)=O)cc1OC.COc1ccc(C2=NN(C(=O)Cc3ccccc3)CC2)cc1OC.COc1ccc(C2=NNCC2)cc1OC.Cl.O=C(Cl)Cc1ccccc1. The quantitative estimate of drug-likeness (QED) is 0.0596. The van der Waals surface area contributed by atoms with Gasteiger partial charge in [-0.1, -0.05) is 60.7 Å². The first kappa shape index (κ1) is 66.2. The number of nitrogens with zero attached hydrogens (tertiary/aromatic N) is 4. The molecule has 0 radical (unpaired) electrons. The standard InChI is InChI=1S/C19H20N2O3.C13H19NO3.C11H14N2O2.C10H12O3.C8H7ClO.ClH/c1-23-17-9-8-15(13-18(17)24-2)16-10-11-21(20-16)19(22)12-14-6-4-3-5-7-14;1-14(2)8-7-11(15)10-5-6-12(16-3)13(9-10)17-4;1-14-10-4-3-8(7-11(10)15-2)9-5-6-12-13-9;1-7(11)8-4-5-9(12-2)10(6-8)13-3;9-8(10)6-7-4-2-1-3-5-7;/h3-9,13H,10-12H2,1-2H3;5-6,9H,7-8H2,1-4H3;3-4,7,12H,5-6H2,1-2H3;4-6H,1-3H3;1-5H,6H2;1H. The number of halogens is 2. The number of carbonyl (C=O) groups is 4. The van der Waals surface area contributed by atoms with E-state index < -0.39 is 0 Å². The van der Waals surface area contributed by atoms with Gasteiger partial charge in [-0.15, -0.1) is 12.4 Å². The Labute approximate surface area is 481 Å². The molecular weight excluding hydrogens is 1070 g/mol. The zero-order chi connectivity index (χ0) is 57.7. The lowest BCUT2D eigenvalue weighted by atomic mass is 10.1. The molecule has 0 saturated heterocycles. The van der Waals surface area contributed by atoms with E-state index in [1.807, 2.05) is 116 Å². The van der Waals surface area contributed by atoms with Crippen molar-refractivity contribution in [2.45, 2.75) is 39.0 Å². The van der Waals surface area contributed by atoms with Crippen LogP contribution in [0.2, 0.25) is 0 Å². The van der Waals surface area contributed by atoms with Gasteiger partial charge in [0.25, 0.3) is 0 Å². The Hall–Kier alpha value is -8.12. The predicted octanol–water partition coefficient (Wildman–Crippen LogP) is 10.4. The van der Waals surface area contributed by atoms with Crippen LogP contribution in [0, 0.1) is 0 Å². The Balaban J connectivity index is 0.000000270. The largest absolute Gasteiger partial charge is 0.493 e. The zero-order valence-corrected chi connectivity index (χ0v) is 48.9. The van der Waals surface area contributed by atoms with Crippen LogP contribution in [-0.4, -0.2) is 135 Å². The maximum atomic E-state index is 12.4. The second-order valence-electron chi connectivity index (χ2n) is 17.5. The van der Waals surface area contributed by atoms with Crippen LogP contribution in [0.5, 0.6) is 46.0 Å². The maximum Gasteiger partial charge on any atom is 0.247 e. The lowest BCUT2D eigenvalue weighted by molar-refractivity contribution is -0.130. The molecule has 17 nitrogen and oxygen atoms in total. The highest BCUT2D eigenvalue weighted by atomic mass is 35.5. The van der Waals surface area contributed by atoms with Gasteiger partial charge in [0.15, 0.2) is 57.6 Å². The molecule has 8 rings (SSSR count). The summed E-state index contributed by atoms with van der Waals surface area (Å²) < 4.78 is 41.4. The molecule has 6 aromatic rings. The van der Waals surface area contributed by atoms with Crippen molar-refractivity contribution in [3.63, 3.8) is 0 Å². The average molecular weight is 1140 g/mol. The number of hydrogen-bond acceptors (Lipinski definition) is 16. The second kappa shape index (κ2) is 35.4. The van der Waals surface area contributed by atoms with E-state index in [-0.39, 0.29) is 35.1 Å². The first-order chi connectivity index (χ1) is 38.1. The Morgan fingerprint density at radius 1 is 0.537 bits per heavy atom. The van der Waals surface area contributed by atoms with Crippen LogP contribution in [0.25, 0.3) is 0 Å². The molecule has 0 bridgehead atoms. The molecular formula is C61H73Cl2N5O12. The zero-order valence-electron chi connectivity index (χ0n) is 47.3. The molecule has 0 atom stereocenters. The lowest BCUT2D eigenvalue weighted by Gasteiger charge is -2.11. The van der Waals surface area contributed by atoms with Crippen LogP contribution in [0.4, 0.5) is 0 Å². The van der Waals surface area contributed by atoms with Crippen LogP contribution in [0.15, 0.2) is 144 Å². The molecule has 428 valence electrons. The summed E-state index contributed by atoms with van der Waals surface area (Å²) in [6, 6.07) is 41.0. The van der Waals surface area contributed by atoms with E-state index in [4.69, 9.17) is 49.5 Å². The summed E-state index contributed by atoms with van der Waals surface area (Å²) >= 11 is 5.17. The fourth-order valence-corrected chi connectivity index (χ4v) is 7.77. The highest BCUT2D eigenvalue weighted by Crippen LogP contribution is 2.31. The van der Waals surface area contributed by atoms with Crippen LogP contribution in [0.3, 0.4) is 0 Å². The molecule has 0 unspecified atom stereocenters. The second-order valence-corrected chi connectivity index (χ2v) is 17.9. The molecule has 2 heterocycles. The van der Waals surface area contributed by atoms with E-state index in [0.717, 1.165) is 71.1 Å². The van der Waals surface area contributed by atoms with Crippen molar-refractivity contribution in [2.75, 3.05) is 90.6 Å². The number of carbonyl (C=O) groups excluding carboxylic acids is 4. The summed E-state index contributed by atoms with van der Waals surface area (Å²) in [7, 11) is 16.6. The van der Waals surface area contributed by atoms with E-state index >= 15 is 0 Å². The predicted molar refractivity (Wildman–Crippen MR) is 316 cm³/mol. The molecule has 0 fully saturated rings. The number of ketones is 2. The summed E-state index contributed by atoms with van der Waals surface area (Å²) in [6.45, 7) is 3.77. The third-order valence-electron chi connectivity index (χ3n) is 11.9. The van der Waals surface area contributed by atoms with Gasteiger partial charge >= 0.3 is 0 Å². The summed E-state index contributed by atoms with van der Waals surface area (Å²) in [4.78, 5) is 47.7. The smallest absolute Gasteiger partial charge is 0.247 e. The van der Waals surface area contributed by atoms with Gasteiger partial charge in [-0.25, -0.2) is 5.01 Å². The van der Waals surface area contributed by atoms with Crippen LogP contribution in [0.1, 0.15) is 69.2 Å². The van der Waals surface area contributed by atoms with E-state index in [9.17, 15) is 19.2 Å². The van der Waals surface area contributed by atoms with Crippen molar-refractivity contribution in [1.82, 2.24) is 15.3 Å². The van der Waals surface area contributed by atoms with Gasteiger partial charge in [0.2, 0.25) is 11.1 Å². The van der Waals surface area contributed by atoms with Crippen molar-refractivity contribution < 1.29 is 57.1 Å². The summed E-state index contributed by atoms with van der Waals surface area (Å²) in [5.74, 6) is 5.39. The van der Waals surface area contributed by atoms with Gasteiger partial charge in [0.05, 0.1) is 81.3 Å². The average Bonchev–Trinajstić information content (AvgIpc) is 4.22. The first-order valence-corrected chi connectivity index (χ1v) is 25.5. The topological polar surface area (TPSA) is 185 Å². The van der Waals surface area contributed by atoms with Gasteiger partial charge in [-0.3, -0.25) is 19.2 Å². The van der Waals surface area contributed by atoms with E-state index in [1.54, 1.807) is 98.3 Å². The highest BCUT2D eigenvalue weighted by molar-refractivity contribution is 6.63. The van der Waals surface area contributed by atoms with Crippen LogP contribution in [-0.2, 0) is 22.4 Å². The van der Waals surface area contributed by atoms with Gasteiger partial charge in [0, 0.05) is 61.0 Å². The molecule has 1 N–H and O–H groups in total. The van der Waals surface area contributed by atoms with Crippen molar-refractivity contribution in [1.29, 1.82) is 0 Å². The molecule has 0 aromatic heterocycles. The fraction of sp³-hybridized carbons (Fsp3) is 0.311. The minimum Gasteiger partial charge on any atom is -0.493 e. The molecule has 2 aliphatic rings. The number of hydrazone groups is 2. The van der Waals surface area contributed by atoms with Crippen molar-refractivity contribution in [3.8, 4) is 46.0 Å². The molecule has 2 aliphatic heterocycles. The van der Waals surface area contributed by atoms with E-state index in [2.05, 4.69) is 15.6 Å². The number of hydrogen-bond donors (Lipinski definition) is 1. The monoisotopic (exact) mass is 1140 g/mol. The number of rotatable bonds is 19. The minimum atomic E-state index is -0.314. The molecule has 6 aromatic carbocycles. The fourth-order valence-electron chi connectivity index (χ4n) is 7.61. The summed E-state index contributed by atoms with van der Waals surface area (Å²) in [6.07, 6.45) is 2.87. The Morgan fingerprint density at radius 3 is 1.39 bits per heavy atom. The lowest BCUT2D eigenvalue weighted by Crippen LogP contribution is -2.25. The van der Waals surface area contributed by atoms with Crippen LogP contribution >= 0.6 is 24.0 Å². The molecule has 0 spiro atoms. The number of Topliss-reactive ketones (excluding diaryl/α,β-unsaturated/α-hetero) is 2. The Morgan fingerprint density at radius 2 is 0.963 bits per heavy atom. The van der Waals surface area contributed by atoms with Crippen LogP contribution < -0.4 is 43.3 Å². The number of ether oxygens (including phenoxy) is 8. The summed E-state index contributed by atoms with van der Waals surface area (Å²) in [5, 5.41) is 9.94. The number of benzene rings is 6. The van der Waals surface area contributed by atoms with E-state index in [0.29, 0.717) is 71.4 Å². The van der Waals surface area contributed by atoms with Crippen molar-refractivity contribution >= 4 is 58.1 Å². The molecule has 0 aliphatic carbocycles. The third-order valence-corrected chi connectivity index (χ3v) is 12.0. The molecule has 80 heavy (non-hydrogen) atoms. The highest BCUT2D eigenvalue weighted by Gasteiger charge is 2.23. The molecule has 0 saturated carbocycles. The van der Waals surface area contributed by atoms with Gasteiger partial charge in [-0.2, -0.15) is 10.2 Å². The van der Waals surface area contributed by atoms with E-state index in [1.165, 1.54) is 6.92 Å². The van der Waals surface area contributed by atoms with Crippen molar-refractivity contribution in [2.24, 2.45) is 10.2 Å². The molecule has 1 amide bonds. The maximum absolute atomic E-state index is 12.4.